The first-order valence-electron chi connectivity index (χ1n) is 8.13. The fourth-order valence-electron chi connectivity index (χ4n) is 2.97. The summed E-state index contributed by atoms with van der Waals surface area (Å²) in [4.78, 5) is 29.2. The standard InChI is InChI=1S/C17H18ClN5O3.ClH/c18-13-3-4-14(15(8-13)23(25)26)21-17(24)11-22-7-6-20-10-16(22)12-2-1-5-19-9-12;/h1-5,8-9,16,20H,6-7,10-11H2,(H,21,24);1H. The molecule has 10 heteroatoms. The molecule has 0 spiro atoms. The molecule has 2 heterocycles. The lowest BCUT2D eigenvalue weighted by Gasteiger charge is -2.35. The zero-order valence-electron chi connectivity index (χ0n) is 14.3. The summed E-state index contributed by atoms with van der Waals surface area (Å²) in [6.07, 6.45) is 3.49. The van der Waals surface area contributed by atoms with Gasteiger partial charge in [-0.25, -0.2) is 0 Å². The Labute approximate surface area is 167 Å². The summed E-state index contributed by atoms with van der Waals surface area (Å²) >= 11 is 5.80. The number of hydrogen-bond acceptors (Lipinski definition) is 6. The molecule has 8 nitrogen and oxygen atoms in total. The van der Waals surface area contributed by atoms with Crippen LogP contribution in [0.15, 0.2) is 42.7 Å². The van der Waals surface area contributed by atoms with Gasteiger partial charge in [0.05, 0.1) is 11.5 Å². The number of nitro groups is 1. The number of carbonyl (C=O) groups excluding carboxylic acids is 1. The van der Waals surface area contributed by atoms with E-state index < -0.39 is 4.92 Å². The highest BCUT2D eigenvalue weighted by molar-refractivity contribution is 6.31. The first-order chi connectivity index (χ1) is 12.5. The van der Waals surface area contributed by atoms with Gasteiger partial charge in [0.25, 0.3) is 5.69 Å². The van der Waals surface area contributed by atoms with Crippen molar-refractivity contribution in [2.24, 2.45) is 0 Å². The number of anilines is 1. The number of aromatic nitrogens is 1. The molecule has 1 aliphatic rings. The molecule has 27 heavy (non-hydrogen) atoms. The normalized spacial score (nSPS) is 17.0. The Morgan fingerprint density at radius 3 is 2.96 bits per heavy atom. The summed E-state index contributed by atoms with van der Waals surface area (Å²) < 4.78 is 0. The molecule has 144 valence electrons. The molecule has 1 unspecified atom stereocenters. The highest BCUT2D eigenvalue weighted by Gasteiger charge is 2.26. The van der Waals surface area contributed by atoms with Crippen molar-refractivity contribution in [3.8, 4) is 0 Å². The van der Waals surface area contributed by atoms with Crippen molar-refractivity contribution >= 4 is 41.3 Å². The topological polar surface area (TPSA) is 100 Å². The summed E-state index contributed by atoms with van der Waals surface area (Å²) in [5, 5.41) is 17.3. The number of nitrogens with one attached hydrogen (secondary N) is 2. The van der Waals surface area contributed by atoms with Crippen LogP contribution in [0.4, 0.5) is 11.4 Å². The maximum atomic E-state index is 12.5. The number of nitro benzene ring substituents is 1. The largest absolute Gasteiger partial charge is 0.319 e. The molecule has 1 amide bonds. The van der Waals surface area contributed by atoms with E-state index in [9.17, 15) is 14.9 Å². The second kappa shape index (κ2) is 9.61. The van der Waals surface area contributed by atoms with E-state index in [2.05, 4.69) is 15.6 Å². The van der Waals surface area contributed by atoms with Crippen LogP contribution in [0.25, 0.3) is 0 Å². The average molecular weight is 412 g/mol. The highest BCUT2D eigenvalue weighted by atomic mass is 35.5. The van der Waals surface area contributed by atoms with Crippen molar-refractivity contribution in [1.82, 2.24) is 15.2 Å². The minimum absolute atomic E-state index is 0. The predicted octanol–water partition coefficient (Wildman–Crippen LogP) is 2.65. The number of halogens is 2. The lowest BCUT2D eigenvalue weighted by molar-refractivity contribution is -0.383. The molecule has 1 saturated heterocycles. The zero-order chi connectivity index (χ0) is 18.5. The van der Waals surface area contributed by atoms with E-state index in [0.717, 1.165) is 12.1 Å². The fourth-order valence-corrected chi connectivity index (χ4v) is 3.14. The molecule has 1 aromatic carbocycles. The number of amides is 1. The van der Waals surface area contributed by atoms with E-state index in [1.807, 2.05) is 17.0 Å². The van der Waals surface area contributed by atoms with Gasteiger partial charge in [-0.3, -0.25) is 24.8 Å². The minimum Gasteiger partial charge on any atom is -0.319 e. The number of nitrogens with zero attached hydrogens (tertiary/aromatic N) is 3. The Kier molecular flexibility index (Phi) is 7.49. The van der Waals surface area contributed by atoms with Crippen molar-refractivity contribution in [1.29, 1.82) is 0 Å². The van der Waals surface area contributed by atoms with Gasteiger partial charge in [0, 0.05) is 49.2 Å². The first kappa shape index (κ1) is 21.0. The van der Waals surface area contributed by atoms with E-state index in [1.165, 1.54) is 18.2 Å². The fraction of sp³-hybridized carbons (Fsp3) is 0.294. The number of carbonyl (C=O) groups is 1. The van der Waals surface area contributed by atoms with Gasteiger partial charge in [-0.05, 0) is 23.8 Å². The predicted molar refractivity (Wildman–Crippen MR) is 105 cm³/mol. The molecule has 3 rings (SSSR count). The molecule has 1 aliphatic heterocycles. The third-order valence-electron chi connectivity index (χ3n) is 4.20. The summed E-state index contributed by atoms with van der Waals surface area (Å²) in [7, 11) is 0. The van der Waals surface area contributed by atoms with Gasteiger partial charge in [-0.2, -0.15) is 0 Å². The van der Waals surface area contributed by atoms with Crippen molar-refractivity contribution in [3.05, 3.63) is 63.4 Å². The van der Waals surface area contributed by atoms with Crippen LogP contribution in [-0.4, -0.2) is 46.9 Å². The number of rotatable bonds is 5. The summed E-state index contributed by atoms with van der Waals surface area (Å²) in [5.41, 5.74) is 0.928. The second-order valence-electron chi connectivity index (χ2n) is 5.94. The van der Waals surface area contributed by atoms with Crippen LogP contribution < -0.4 is 10.6 Å². The van der Waals surface area contributed by atoms with Crippen LogP contribution in [0.5, 0.6) is 0 Å². The van der Waals surface area contributed by atoms with E-state index >= 15 is 0 Å². The zero-order valence-corrected chi connectivity index (χ0v) is 15.9. The molecule has 2 N–H and O–H groups in total. The molecule has 2 aromatic rings. The third kappa shape index (κ3) is 5.36. The quantitative estimate of drug-likeness (QED) is 0.579. The van der Waals surface area contributed by atoms with Crippen LogP contribution in [-0.2, 0) is 4.79 Å². The average Bonchev–Trinajstić information content (AvgIpc) is 2.64. The lowest BCUT2D eigenvalue weighted by Crippen LogP contribution is -2.48. The van der Waals surface area contributed by atoms with Crippen LogP contribution in [0.1, 0.15) is 11.6 Å². The number of benzene rings is 1. The maximum Gasteiger partial charge on any atom is 0.294 e. The van der Waals surface area contributed by atoms with E-state index in [1.54, 1.807) is 12.4 Å². The second-order valence-corrected chi connectivity index (χ2v) is 6.38. The van der Waals surface area contributed by atoms with Gasteiger partial charge >= 0.3 is 0 Å². The summed E-state index contributed by atoms with van der Waals surface area (Å²) in [6.45, 7) is 2.29. The van der Waals surface area contributed by atoms with Gasteiger partial charge in [-0.1, -0.05) is 17.7 Å². The van der Waals surface area contributed by atoms with Crippen molar-refractivity contribution in [2.45, 2.75) is 6.04 Å². The number of piperazine rings is 1. The van der Waals surface area contributed by atoms with E-state index in [4.69, 9.17) is 11.6 Å². The maximum absolute atomic E-state index is 12.5. The highest BCUT2D eigenvalue weighted by Crippen LogP contribution is 2.28. The molecule has 0 bridgehead atoms. The number of hydrogen-bond donors (Lipinski definition) is 2. The van der Waals surface area contributed by atoms with Crippen LogP contribution >= 0.6 is 24.0 Å². The van der Waals surface area contributed by atoms with Gasteiger partial charge in [-0.15, -0.1) is 12.4 Å². The Morgan fingerprint density at radius 2 is 2.26 bits per heavy atom. The SMILES string of the molecule is Cl.O=C(CN1CCNCC1c1cccnc1)Nc1ccc(Cl)cc1[N+](=O)[O-]. The molecular weight excluding hydrogens is 393 g/mol. The number of pyridine rings is 1. The molecule has 0 saturated carbocycles. The van der Waals surface area contributed by atoms with Crippen molar-refractivity contribution in [3.63, 3.8) is 0 Å². The Morgan fingerprint density at radius 1 is 1.44 bits per heavy atom. The van der Waals surface area contributed by atoms with Gasteiger partial charge in [0.2, 0.25) is 5.91 Å². The monoisotopic (exact) mass is 411 g/mol. The van der Waals surface area contributed by atoms with Gasteiger partial charge in [0.15, 0.2) is 0 Å². The van der Waals surface area contributed by atoms with E-state index in [-0.39, 0.29) is 47.3 Å². The van der Waals surface area contributed by atoms with E-state index in [0.29, 0.717) is 13.1 Å². The first-order valence-corrected chi connectivity index (χ1v) is 8.51. The molecule has 1 atom stereocenters. The van der Waals surface area contributed by atoms with Crippen molar-refractivity contribution in [2.75, 3.05) is 31.5 Å². The van der Waals surface area contributed by atoms with Crippen LogP contribution in [0.2, 0.25) is 5.02 Å². The molecule has 0 aliphatic carbocycles. The third-order valence-corrected chi connectivity index (χ3v) is 4.44. The summed E-state index contributed by atoms with van der Waals surface area (Å²) in [5.74, 6) is -0.314. The Hall–Kier alpha value is -2.26. The van der Waals surface area contributed by atoms with Gasteiger partial charge in [0.1, 0.15) is 5.69 Å². The minimum atomic E-state index is -0.565. The summed E-state index contributed by atoms with van der Waals surface area (Å²) in [6, 6.07) is 8.02. The Bertz CT molecular complexity index is 806. The molecule has 1 fully saturated rings. The van der Waals surface area contributed by atoms with Crippen LogP contribution in [0.3, 0.4) is 0 Å². The van der Waals surface area contributed by atoms with Gasteiger partial charge < -0.3 is 10.6 Å². The van der Waals surface area contributed by atoms with Crippen molar-refractivity contribution < 1.29 is 9.72 Å². The molecule has 0 radical (unpaired) electrons. The lowest BCUT2D eigenvalue weighted by atomic mass is 10.1. The molecular formula is C17H19Cl2N5O3. The smallest absolute Gasteiger partial charge is 0.294 e. The molecule has 1 aromatic heterocycles. The van der Waals surface area contributed by atoms with Crippen LogP contribution in [0, 0.1) is 10.1 Å². The Balaban J connectivity index is 0.00000261.